The van der Waals surface area contributed by atoms with E-state index in [-0.39, 0.29) is 11.8 Å². The molecule has 2 aromatic heterocycles. The first-order valence-corrected chi connectivity index (χ1v) is 6.41. The molecule has 94 valence electrons. The van der Waals surface area contributed by atoms with Gasteiger partial charge in [0.2, 0.25) is 5.91 Å². The van der Waals surface area contributed by atoms with Gasteiger partial charge in [0.25, 0.3) is 0 Å². The number of aryl methyl sites for hydroxylation is 1. The molecule has 2 heterocycles. The van der Waals surface area contributed by atoms with Crippen molar-refractivity contribution in [2.24, 2.45) is 5.92 Å². The molecule has 2 aromatic rings. The first kappa shape index (κ1) is 11.5. The Bertz CT molecular complexity index is 618. The number of amides is 1. The van der Waals surface area contributed by atoms with Crippen LogP contribution in [0.3, 0.4) is 0 Å². The van der Waals surface area contributed by atoms with Crippen molar-refractivity contribution >= 4 is 29.0 Å². The average Bonchev–Trinajstić information content (AvgIpc) is 3.11. The molecule has 1 aliphatic carbocycles. The fraction of sp³-hybridized carbons (Fsp3) is 0.417. The second kappa shape index (κ2) is 4.24. The van der Waals surface area contributed by atoms with E-state index in [1.165, 1.54) is 0 Å². The highest BCUT2D eigenvalue weighted by Gasteiger charge is 2.29. The summed E-state index contributed by atoms with van der Waals surface area (Å²) in [4.78, 5) is 16.1. The number of fused-ring (bicyclic) bond motifs is 1. The Morgan fingerprint density at radius 3 is 3.00 bits per heavy atom. The molecule has 0 unspecified atom stereocenters. The molecule has 1 aliphatic rings. The van der Waals surface area contributed by atoms with Crippen molar-refractivity contribution in [3.8, 4) is 0 Å². The van der Waals surface area contributed by atoms with Gasteiger partial charge in [-0.05, 0) is 19.3 Å². The topological polar surface area (TPSA) is 59.3 Å². The maximum atomic E-state index is 11.7. The van der Waals surface area contributed by atoms with Crippen LogP contribution in [0.4, 0.5) is 5.82 Å². The minimum atomic E-state index is 0.0551. The lowest BCUT2D eigenvalue weighted by Crippen LogP contribution is -2.15. The Labute approximate surface area is 109 Å². The van der Waals surface area contributed by atoms with E-state index in [1.807, 2.05) is 13.0 Å². The van der Waals surface area contributed by atoms with Gasteiger partial charge in [0, 0.05) is 23.7 Å². The van der Waals surface area contributed by atoms with Gasteiger partial charge in [-0.15, -0.1) is 0 Å². The zero-order valence-corrected chi connectivity index (χ0v) is 10.7. The van der Waals surface area contributed by atoms with Crippen LogP contribution in [0, 0.1) is 5.92 Å². The van der Waals surface area contributed by atoms with Crippen molar-refractivity contribution in [1.29, 1.82) is 0 Å². The molecule has 1 N–H and O–H groups in total. The Morgan fingerprint density at radius 1 is 1.56 bits per heavy atom. The monoisotopic (exact) mass is 264 g/mol. The van der Waals surface area contributed by atoms with E-state index in [9.17, 15) is 4.79 Å². The van der Waals surface area contributed by atoms with Crippen LogP contribution in [-0.2, 0) is 11.2 Å². The van der Waals surface area contributed by atoms with Gasteiger partial charge in [0.15, 0.2) is 10.8 Å². The van der Waals surface area contributed by atoms with Crippen molar-refractivity contribution in [2.45, 2.75) is 26.2 Å². The first-order chi connectivity index (χ1) is 8.67. The molecule has 1 fully saturated rings. The number of rotatable bonds is 3. The smallest absolute Gasteiger partial charge is 0.228 e. The maximum absolute atomic E-state index is 11.7. The molecular weight excluding hydrogens is 252 g/mol. The van der Waals surface area contributed by atoms with Crippen LogP contribution in [-0.4, -0.2) is 20.5 Å². The first-order valence-electron chi connectivity index (χ1n) is 6.03. The molecule has 5 nitrogen and oxygen atoms in total. The number of hydrogen-bond acceptors (Lipinski definition) is 3. The highest BCUT2D eigenvalue weighted by molar-refractivity contribution is 6.29. The molecule has 0 radical (unpaired) electrons. The van der Waals surface area contributed by atoms with Gasteiger partial charge in [-0.3, -0.25) is 4.79 Å². The number of carbonyl (C=O) groups excluding carboxylic acids is 1. The minimum Gasteiger partial charge on any atom is -0.310 e. The lowest BCUT2D eigenvalue weighted by Gasteiger charge is -2.07. The summed E-state index contributed by atoms with van der Waals surface area (Å²) in [5.74, 6) is 0.800. The fourth-order valence-corrected chi connectivity index (χ4v) is 2.07. The van der Waals surface area contributed by atoms with Crippen LogP contribution >= 0.6 is 11.6 Å². The summed E-state index contributed by atoms with van der Waals surface area (Å²) in [6.45, 7) is 2.02. The number of nitrogens with zero attached hydrogens (tertiary/aromatic N) is 3. The number of nitrogens with one attached hydrogen (secondary N) is 1. The third-order valence-corrected chi connectivity index (χ3v) is 3.22. The summed E-state index contributed by atoms with van der Waals surface area (Å²) < 4.78 is 1.70. The Kier molecular flexibility index (Phi) is 2.70. The van der Waals surface area contributed by atoms with Crippen LogP contribution in [0.2, 0.25) is 5.15 Å². The van der Waals surface area contributed by atoms with E-state index >= 15 is 0 Å². The molecular formula is C12H13ClN4O. The van der Waals surface area contributed by atoms with Crippen LogP contribution in [0.25, 0.3) is 5.65 Å². The second-order valence-corrected chi connectivity index (χ2v) is 4.87. The van der Waals surface area contributed by atoms with Crippen LogP contribution < -0.4 is 5.32 Å². The van der Waals surface area contributed by atoms with Gasteiger partial charge >= 0.3 is 0 Å². The van der Waals surface area contributed by atoms with Crippen molar-refractivity contribution in [3.63, 3.8) is 0 Å². The SMILES string of the molecule is CCc1cc(NC(=O)C2CC2)nc2cc(Cl)nn12. The summed E-state index contributed by atoms with van der Waals surface area (Å²) >= 11 is 5.87. The second-order valence-electron chi connectivity index (χ2n) is 4.49. The average molecular weight is 265 g/mol. The molecule has 0 bridgehead atoms. The summed E-state index contributed by atoms with van der Waals surface area (Å²) in [5, 5.41) is 7.41. The van der Waals surface area contributed by atoms with Crippen molar-refractivity contribution < 1.29 is 4.79 Å². The molecule has 6 heteroatoms. The standard InChI is InChI=1S/C12H13ClN4O/c1-2-8-5-10(15-12(18)7-3-4-7)14-11-6-9(13)16-17(8)11/h5-7H,2-4H2,1H3,(H,14,15,18). The third kappa shape index (κ3) is 2.06. The lowest BCUT2D eigenvalue weighted by molar-refractivity contribution is -0.117. The largest absolute Gasteiger partial charge is 0.310 e. The van der Waals surface area contributed by atoms with E-state index < -0.39 is 0 Å². The number of anilines is 1. The molecule has 1 amide bonds. The van der Waals surface area contributed by atoms with E-state index in [2.05, 4.69) is 15.4 Å². The van der Waals surface area contributed by atoms with Crippen molar-refractivity contribution in [3.05, 3.63) is 23.0 Å². The van der Waals surface area contributed by atoms with Gasteiger partial charge in [0.1, 0.15) is 5.82 Å². The maximum Gasteiger partial charge on any atom is 0.228 e. The fourth-order valence-electron chi connectivity index (χ4n) is 1.90. The van der Waals surface area contributed by atoms with E-state index in [4.69, 9.17) is 11.6 Å². The summed E-state index contributed by atoms with van der Waals surface area (Å²) in [7, 11) is 0. The highest BCUT2D eigenvalue weighted by atomic mass is 35.5. The number of halogens is 1. The molecule has 0 aliphatic heterocycles. The summed E-state index contributed by atoms with van der Waals surface area (Å²) in [6, 6.07) is 3.53. The zero-order chi connectivity index (χ0) is 12.7. The Hall–Kier alpha value is -1.62. The highest BCUT2D eigenvalue weighted by Crippen LogP contribution is 2.30. The summed E-state index contributed by atoms with van der Waals surface area (Å²) in [6.07, 6.45) is 2.75. The molecule has 3 rings (SSSR count). The molecule has 0 spiro atoms. The van der Waals surface area contributed by atoms with Crippen LogP contribution in [0.15, 0.2) is 12.1 Å². The summed E-state index contributed by atoms with van der Waals surface area (Å²) in [5.41, 5.74) is 1.63. The molecule has 0 atom stereocenters. The van der Waals surface area contributed by atoms with E-state index in [0.717, 1.165) is 25.0 Å². The minimum absolute atomic E-state index is 0.0551. The Balaban J connectivity index is 1.98. The molecule has 1 saturated carbocycles. The number of hydrogen-bond donors (Lipinski definition) is 1. The van der Waals surface area contributed by atoms with Gasteiger partial charge in [-0.1, -0.05) is 18.5 Å². The third-order valence-electron chi connectivity index (χ3n) is 3.03. The van der Waals surface area contributed by atoms with Crippen molar-refractivity contribution in [2.75, 3.05) is 5.32 Å². The lowest BCUT2D eigenvalue weighted by atomic mass is 10.3. The Morgan fingerprint density at radius 2 is 2.33 bits per heavy atom. The molecule has 0 saturated heterocycles. The number of aromatic nitrogens is 3. The predicted octanol–water partition coefficient (Wildman–Crippen LogP) is 2.29. The van der Waals surface area contributed by atoms with Crippen LogP contribution in [0.5, 0.6) is 0 Å². The van der Waals surface area contributed by atoms with Gasteiger partial charge in [0.05, 0.1) is 0 Å². The predicted molar refractivity (Wildman–Crippen MR) is 68.7 cm³/mol. The zero-order valence-electron chi connectivity index (χ0n) is 9.98. The van der Waals surface area contributed by atoms with Crippen LogP contribution in [0.1, 0.15) is 25.5 Å². The van der Waals surface area contributed by atoms with E-state index in [1.54, 1.807) is 10.6 Å². The van der Waals surface area contributed by atoms with Gasteiger partial charge < -0.3 is 5.32 Å². The van der Waals surface area contributed by atoms with E-state index in [0.29, 0.717) is 16.6 Å². The van der Waals surface area contributed by atoms with Crippen molar-refractivity contribution in [1.82, 2.24) is 14.6 Å². The molecule has 18 heavy (non-hydrogen) atoms. The van der Waals surface area contributed by atoms with Gasteiger partial charge in [-0.2, -0.15) is 5.10 Å². The molecule has 0 aromatic carbocycles. The normalized spacial score (nSPS) is 15.0. The quantitative estimate of drug-likeness (QED) is 0.925. The number of carbonyl (C=O) groups is 1. The van der Waals surface area contributed by atoms with Gasteiger partial charge in [-0.25, -0.2) is 9.50 Å².